The van der Waals surface area contributed by atoms with E-state index in [0.29, 0.717) is 22.9 Å². The van der Waals surface area contributed by atoms with Crippen molar-refractivity contribution in [3.63, 3.8) is 0 Å². The summed E-state index contributed by atoms with van der Waals surface area (Å²) in [5, 5.41) is 2.96. The molecular weight excluding hydrogens is 294 g/mol. The van der Waals surface area contributed by atoms with Gasteiger partial charge in [-0.1, -0.05) is 49.5 Å². The normalized spacial score (nSPS) is 12.7. The number of carbonyl (C=O) groups is 1. The van der Waals surface area contributed by atoms with Crippen LogP contribution in [0.5, 0.6) is 0 Å². The lowest BCUT2D eigenvalue weighted by atomic mass is 9.99. The van der Waals surface area contributed by atoms with Crippen molar-refractivity contribution >= 4 is 21.8 Å². The van der Waals surface area contributed by atoms with Gasteiger partial charge in [-0.15, -0.1) is 0 Å². The molecular formula is C14H22BrNO2. The molecule has 18 heavy (non-hydrogen) atoms. The van der Waals surface area contributed by atoms with Crippen molar-refractivity contribution in [1.29, 1.82) is 0 Å². The van der Waals surface area contributed by atoms with Crippen molar-refractivity contribution in [2.75, 3.05) is 6.54 Å². The standard InChI is InChI=1S/C14H22BrNO2/c1-4-10(5-2)12(15)9-16-14(17)11-7-8-18-13(11)6-3/h7-8,10,12H,4-6,9H2,1-3H3,(H,16,17). The Morgan fingerprint density at radius 1 is 1.39 bits per heavy atom. The first-order valence-corrected chi connectivity index (χ1v) is 7.54. The van der Waals surface area contributed by atoms with Gasteiger partial charge < -0.3 is 9.73 Å². The Bertz CT molecular complexity index is 372. The lowest BCUT2D eigenvalue weighted by Crippen LogP contribution is -2.33. The predicted octanol–water partition coefficient (Wildman–Crippen LogP) is 3.77. The molecule has 0 aliphatic carbocycles. The quantitative estimate of drug-likeness (QED) is 0.778. The maximum absolute atomic E-state index is 12.0. The molecule has 0 saturated carbocycles. The van der Waals surface area contributed by atoms with Crippen molar-refractivity contribution in [1.82, 2.24) is 5.32 Å². The zero-order valence-electron chi connectivity index (χ0n) is 11.3. The Balaban J connectivity index is 2.51. The van der Waals surface area contributed by atoms with Crippen molar-refractivity contribution < 1.29 is 9.21 Å². The Morgan fingerprint density at radius 2 is 2.06 bits per heavy atom. The lowest BCUT2D eigenvalue weighted by molar-refractivity contribution is 0.0950. The second-order valence-electron chi connectivity index (χ2n) is 4.41. The summed E-state index contributed by atoms with van der Waals surface area (Å²) in [5.41, 5.74) is 0.654. The van der Waals surface area contributed by atoms with Crippen LogP contribution in [-0.4, -0.2) is 17.3 Å². The van der Waals surface area contributed by atoms with Gasteiger partial charge in [0.25, 0.3) is 5.91 Å². The van der Waals surface area contributed by atoms with E-state index in [1.54, 1.807) is 12.3 Å². The van der Waals surface area contributed by atoms with Crippen LogP contribution < -0.4 is 5.32 Å². The zero-order chi connectivity index (χ0) is 13.5. The first-order chi connectivity index (χ1) is 8.63. The number of alkyl halides is 1. The topological polar surface area (TPSA) is 42.2 Å². The molecule has 1 rings (SSSR count). The first kappa shape index (κ1) is 15.3. The summed E-state index contributed by atoms with van der Waals surface area (Å²) in [4.78, 5) is 12.3. The minimum absolute atomic E-state index is 0.0454. The molecule has 1 aromatic heterocycles. The van der Waals surface area contributed by atoms with Gasteiger partial charge in [0.15, 0.2) is 0 Å². The van der Waals surface area contributed by atoms with E-state index in [0.717, 1.165) is 25.0 Å². The molecule has 102 valence electrons. The highest BCUT2D eigenvalue weighted by Crippen LogP contribution is 2.19. The number of carbonyl (C=O) groups excluding carboxylic acids is 1. The van der Waals surface area contributed by atoms with Gasteiger partial charge in [0.1, 0.15) is 5.76 Å². The third-order valence-corrected chi connectivity index (χ3v) is 4.40. The number of amides is 1. The minimum Gasteiger partial charge on any atom is -0.469 e. The molecule has 3 nitrogen and oxygen atoms in total. The van der Waals surface area contributed by atoms with E-state index in [4.69, 9.17) is 4.42 Å². The fourth-order valence-electron chi connectivity index (χ4n) is 2.07. The smallest absolute Gasteiger partial charge is 0.254 e. The monoisotopic (exact) mass is 315 g/mol. The highest BCUT2D eigenvalue weighted by atomic mass is 79.9. The van der Waals surface area contributed by atoms with Gasteiger partial charge in [0, 0.05) is 17.8 Å². The van der Waals surface area contributed by atoms with Gasteiger partial charge in [-0.05, 0) is 12.0 Å². The lowest BCUT2D eigenvalue weighted by Gasteiger charge is -2.19. The van der Waals surface area contributed by atoms with E-state index in [2.05, 4.69) is 35.1 Å². The maximum Gasteiger partial charge on any atom is 0.254 e. The maximum atomic E-state index is 12.0. The first-order valence-electron chi connectivity index (χ1n) is 6.62. The van der Waals surface area contributed by atoms with Gasteiger partial charge in [-0.25, -0.2) is 0 Å². The molecule has 0 aromatic carbocycles. The van der Waals surface area contributed by atoms with Gasteiger partial charge in [-0.3, -0.25) is 4.79 Å². The molecule has 0 fully saturated rings. The Hall–Kier alpha value is -0.770. The fraction of sp³-hybridized carbons (Fsp3) is 0.643. The van der Waals surface area contributed by atoms with E-state index in [9.17, 15) is 4.79 Å². The second-order valence-corrected chi connectivity index (χ2v) is 5.59. The average Bonchev–Trinajstić information content (AvgIpc) is 2.85. The molecule has 1 amide bonds. The van der Waals surface area contributed by atoms with Crippen LogP contribution in [0.15, 0.2) is 16.7 Å². The number of rotatable bonds is 7. The molecule has 0 radical (unpaired) electrons. The Labute approximate surface area is 117 Å². The van der Waals surface area contributed by atoms with Crippen molar-refractivity contribution in [2.45, 2.75) is 44.9 Å². The SMILES string of the molecule is CCc1occc1C(=O)NCC(Br)C(CC)CC. The van der Waals surface area contributed by atoms with Crippen molar-refractivity contribution in [3.8, 4) is 0 Å². The van der Waals surface area contributed by atoms with Crippen LogP contribution in [-0.2, 0) is 6.42 Å². The molecule has 0 aliphatic heterocycles. The van der Waals surface area contributed by atoms with Crippen LogP contribution in [0.25, 0.3) is 0 Å². The van der Waals surface area contributed by atoms with E-state index < -0.39 is 0 Å². The van der Waals surface area contributed by atoms with Crippen LogP contribution in [0.2, 0.25) is 0 Å². The molecule has 0 aliphatic rings. The second kappa shape index (κ2) is 7.62. The number of hydrogen-bond donors (Lipinski definition) is 1. The minimum atomic E-state index is -0.0454. The molecule has 0 bridgehead atoms. The third kappa shape index (κ3) is 3.87. The van der Waals surface area contributed by atoms with Gasteiger partial charge in [0.2, 0.25) is 0 Å². The van der Waals surface area contributed by atoms with Crippen molar-refractivity contribution in [3.05, 3.63) is 23.7 Å². The van der Waals surface area contributed by atoms with Crippen LogP contribution >= 0.6 is 15.9 Å². The summed E-state index contributed by atoms with van der Waals surface area (Å²) < 4.78 is 5.26. The summed E-state index contributed by atoms with van der Waals surface area (Å²) in [6.07, 6.45) is 4.54. The highest BCUT2D eigenvalue weighted by Gasteiger charge is 2.18. The Kier molecular flexibility index (Phi) is 6.47. The molecule has 1 atom stereocenters. The number of nitrogens with one attached hydrogen (secondary N) is 1. The largest absolute Gasteiger partial charge is 0.469 e. The van der Waals surface area contributed by atoms with Gasteiger partial charge in [-0.2, -0.15) is 0 Å². The summed E-state index contributed by atoms with van der Waals surface area (Å²) in [6.45, 7) is 6.98. The predicted molar refractivity (Wildman–Crippen MR) is 77.2 cm³/mol. The number of aryl methyl sites for hydroxylation is 1. The summed E-state index contributed by atoms with van der Waals surface area (Å²) in [6, 6.07) is 1.73. The van der Waals surface area contributed by atoms with E-state index in [1.807, 2.05) is 6.92 Å². The van der Waals surface area contributed by atoms with Crippen molar-refractivity contribution in [2.24, 2.45) is 5.92 Å². The molecule has 1 unspecified atom stereocenters. The fourth-order valence-corrected chi connectivity index (χ4v) is 2.98. The molecule has 1 aromatic rings. The molecule has 4 heteroatoms. The zero-order valence-corrected chi connectivity index (χ0v) is 12.9. The number of halogens is 1. The van der Waals surface area contributed by atoms with E-state index in [-0.39, 0.29) is 5.91 Å². The molecule has 1 N–H and O–H groups in total. The summed E-state index contributed by atoms with van der Waals surface area (Å²) >= 11 is 3.65. The van der Waals surface area contributed by atoms with Crippen LogP contribution in [0.1, 0.15) is 49.7 Å². The third-order valence-electron chi connectivity index (χ3n) is 3.33. The van der Waals surface area contributed by atoms with E-state index >= 15 is 0 Å². The van der Waals surface area contributed by atoms with Crippen LogP contribution in [0.4, 0.5) is 0 Å². The summed E-state index contributed by atoms with van der Waals surface area (Å²) in [7, 11) is 0. The highest BCUT2D eigenvalue weighted by molar-refractivity contribution is 9.09. The summed E-state index contributed by atoms with van der Waals surface area (Å²) in [5.74, 6) is 1.30. The van der Waals surface area contributed by atoms with Gasteiger partial charge >= 0.3 is 0 Å². The van der Waals surface area contributed by atoms with Gasteiger partial charge in [0.05, 0.1) is 11.8 Å². The average molecular weight is 316 g/mol. The number of hydrogen-bond acceptors (Lipinski definition) is 2. The number of furan rings is 1. The van der Waals surface area contributed by atoms with Crippen LogP contribution in [0.3, 0.4) is 0 Å². The van der Waals surface area contributed by atoms with E-state index in [1.165, 1.54) is 0 Å². The molecule has 0 spiro atoms. The Morgan fingerprint density at radius 3 is 2.61 bits per heavy atom. The molecule has 1 heterocycles. The molecule has 0 saturated heterocycles. The van der Waals surface area contributed by atoms with Crippen LogP contribution in [0, 0.1) is 5.92 Å².